The highest BCUT2D eigenvalue weighted by Crippen LogP contribution is 2.35. The van der Waals surface area contributed by atoms with Crippen molar-refractivity contribution in [3.8, 4) is 0 Å². The predicted molar refractivity (Wildman–Crippen MR) is 91.3 cm³/mol. The Morgan fingerprint density at radius 1 is 1.29 bits per heavy atom. The third-order valence-electron chi connectivity index (χ3n) is 2.80. The fraction of sp³-hybridized carbons (Fsp3) is 0.143. The molecule has 1 heterocycles. The van der Waals surface area contributed by atoms with Gasteiger partial charge in [0.25, 0.3) is 5.91 Å². The van der Waals surface area contributed by atoms with E-state index in [9.17, 15) is 19.7 Å². The third-order valence-corrected chi connectivity index (χ3v) is 4.35. The predicted octanol–water partition coefficient (Wildman–Crippen LogP) is 4.39. The van der Waals surface area contributed by atoms with Gasteiger partial charge < -0.3 is 10.1 Å². The van der Waals surface area contributed by atoms with E-state index in [4.69, 9.17) is 27.9 Å². The molecule has 2 rings (SSSR count). The van der Waals surface area contributed by atoms with Gasteiger partial charge >= 0.3 is 11.0 Å². The van der Waals surface area contributed by atoms with E-state index < -0.39 is 16.8 Å². The Morgan fingerprint density at radius 3 is 2.58 bits per heavy atom. The second kappa shape index (κ2) is 7.61. The Balaban J connectivity index is 2.35. The number of nitrogens with one attached hydrogen (secondary N) is 1. The zero-order valence-electron chi connectivity index (χ0n) is 12.2. The Morgan fingerprint density at radius 2 is 2.00 bits per heavy atom. The lowest BCUT2D eigenvalue weighted by Gasteiger charge is -2.07. The summed E-state index contributed by atoms with van der Waals surface area (Å²) >= 11 is 12.4. The van der Waals surface area contributed by atoms with Crippen molar-refractivity contribution >= 4 is 56.4 Å². The number of carbonyl (C=O) groups is 2. The van der Waals surface area contributed by atoms with E-state index >= 15 is 0 Å². The molecule has 0 fully saturated rings. The maximum atomic E-state index is 12.3. The van der Waals surface area contributed by atoms with Crippen molar-refractivity contribution in [3.05, 3.63) is 55.6 Å². The lowest BCUT2D eigenvalue weighted by atomic mass is 10.2. The number of hydrogen-bond acceptors (Lipinski definition) is 6. The fourth-order valence-corrected chi connectivity index (χ4v) is 3.12. The van der Waals surface area contributed by atoms with Crippen LogP contribution in [0.25, 0.3) is 0 Å². The second-order valence-corrected chi connectivity index (χ2v) is 6.26. The Kier molecular flexibility index (Phi) is 5.76. The van der Waals surface area contributed by atoms with Crippen LogP contribution in [0.4, 0.5) is 10.0 Å². The zero-order chi connectivity index (χ0) is 17.9. The van der Waals surface area contributed by atoms with Gasteiger partial charge in [-0.1, -0.05) is 23.2 Å². The van der Waals surface area contributed by atoms with Crippen LogP contribution in [0.5, 0.6) is 0 Å². The molecule has 0 saturated heterocycles. The number of hydrogen-bond donors (Lipinski definition) is 1. The Hall–Kier alpha value is -2.16. The molecule has 24 heavy (non-hydrogen) atoms. The average Bonchev–Trinajstić information content (AvgIpc) is 2.91. The molecule has 0 saturated carbocycles. The van der Waals surface area contributed by atoms with Crippen LogP contribution < -0.4 is 5.32 Å². The van der Waals surface area contributed by atoms with Crippen LogP contribution in [0.2, 0.25) is 10.0 Å². The summed E-state index contributed by atoms with van der Waals surface area (Å²) in [5.74, 6) is -1.39. The van der Waals surface area contributed by atoms with Crippen LogP contribution in [0.1, 0.15) is 27.6 Å². The van der Waals surface area contributed by atoms with Gasteiger partial charge in [-0.05, 0) is 36.5 Å². The van der Waals surface area contributed by atoms with Gasteiger partial charge in [-0.25, -0.2) is 4.79 Å². The number of anilines is 1. The molecule has 1 aromatic heterocycles. The highest BCUT2D eigenvalue weighted by Gasteiger charge is 2.24. The number of nitrogens with zero attached hydrogens (tertiary/aromatic N) is 1. The highest BCUT2D eigenvalue weighted by atomic mass is 35.5. The number of esters is 1. The van der Waals surface area contributed by atoms with E-state index in [0.29, 0.717) is 16.4 Å². The Bertz CT molecular complexity index is 821. The first-order valence-electron chi connectivity index (χ1n) is 6.55. The summed E-state index contributed by atoms with van der Waals surface area (Å²) in [6, 6.07) is 5.33. The number of thiophene rings is 1. The fourth-order valence-electron chi connectivity index (χ4n) is 1.77. The summed E-state index contributed by atoms with van der Waals surface area (Å²) in [7, 11) is 0. The van der Waals surface area contributed by atoms with E-state index in [2.05, 4.69) is 5.32 Å². The van der Waals surface area contributed by atoms with Crippen molar-refractivity contribution in [2.45, 2.75) is 6.92 Å². The second-order valence-electron chi connectivity index (χ2n) is 4.38. The van der Waals surface area contributed by atoms with Crippen molar-refractivity contribution in [2.75, 3.05) is 11.9 Å². The normalized spacial score (nSPS) is 10.3. The molecular weight excluding hydrogens is 379 g/mol. The summed E-state index contributed by atoms with van der Waals surface area (Å²) in [6.07, 6.45) is 0. The summed E-state index contributed by atoms with van der Waals surface area (Å²) in [6.45, 7) is 1.70. The molecule has 0 radical (unpaired) electrons. The van der Waals surface area contributed by atoms with Crippen LogP contribution in [0.15, 0.2) is 24.3 Å². The van der Waals surface area contributed by atoms with Crippen molar-refractivity contribution in [1.29, 1.82) is 0 Å². The summed E-state index contributed by atoms with van der Waals surface area (Å²) in [5.41, 5.74) is 0.0268. The molecule has 0 atom stereocenters. The lowest BCUT2D eigenvalue weighted by Crippen LogP contribution is -2.14. The summed E-state index contributed by atoms with van der Waals surface area (Å²) in [5, 5.41) is 13.5. The number of nitro groups is 1. The van der Waals surface area contributed by atoms with E-state index in [1.807, 2.05) is 0 Å². The van der Waals surface area contributed by atoms with E-state index in [1.165, 1.54) is 18.2 Å². The van der Waals surface area contributed by atoms with Crippen LogP contribution >= 0.6 is 34.5 Å². The average molecular weight is 389 g/mol. The van der Waals surface area contributed by atoms with Gasteiger partial charge in [-0.2, -0.15) is 0 Å². The van der Waals surface area contributed by atoms with E-state index in [-0.39, 0.29) is 32.8 Å². The van der Waals surface area contributed by atoms with Crippen molar-refractivity contribution in [2.24, 2.45) is 0 Å². The maximum absolute atomic E-state index is 12.3. The van der Waals surface area contributed by atoms with Gasteiger partial charge in [0.2, 0.25) is 0 Å². The minimum Gasteiger partial charge on any atom is -0.462 e. The van der Waals surface area contributed by atoms with Gasteiger partial charge in [-0.3, -0.25) is 14.9 Å². The molecular formula is C14H10Cl2N2O5S. The number of halogens is 2. The molecule has 0 spiro atoms. The molecule has 1 amide bonds. The number of ether oxygens (including phenoxy) is 1. The first kappa shape index (κ1) is 18.2. The standard InChI is InChI=1S/C14H10Cl2N2O5S/c1-2-23-14(20)9-6-11(18(21)22)24-13(9)17-12(19)8-4-3-7(15)5-10(8)16/h3-6H,2H2,1H3,(H,17,19). The lowest BCUT2D eigenvalue weighted by molar-refractivity contribution is -0.380. The maximum Gasteiger partial charge on any atom is 0.341 e. The van der Waals surface area contributed by atoms with Crippen LogP contribution in [0, 0.1) is 10.1 Å². The van der Waals surface area contributed by atoms with Crippen LogP contribution in [-0.2, 0) is 4.74 Å². The topological polar surface area (TPSA) is 98.5 Å². The zero-order valence-corrected chi connectivity index (χ0v) is 14.5. The monoisotopic (exact) mass is 388 g/mol. The summed E-state index contributed by atoms with van der Waals surface area (Å²) < 4.78 is 4.84. The minimum absolute atomic E-state index is 0.0103. The van der Waals surface area contributed by atoms with Gasteiger partial charge in [0, 0.05) is 11.1 Å². The first-order chi connectivity index (χ1) is 11.3. The molecule has 0 unspecified atom stereocenters. The number of benzene rings is 1. The molecule has 0 aliphatic heterocycles. The molecule has 0 aliphatic rings. The van der Waals surface area contributed by atoms with Gasteiger partial charge in [0.05, 0.1) is 22.1 Å². The molecule has 0 bridgehead atoms. The number of carbonyl (C=O) groups excluding carboxylic acids is 2. The first-order valence-corrected chi connectivity index (χ1v) is 8.12. The number of rotatable bonds is 5. The Labute approximate surface area is 150 Å². The van der Waals surface area contributed by atoms with E-state index in [0.717, 1.165) is 6.07 Å². The van der Waals surface area contributed by atoms with Gasteiger partial charge in [0.1, 0.15) is 10.6 Å². The van der Waals surface area contributed by atoms with Crippen LogP contribution in [0.3, 0.4) is 0 Å². The molecule has 2 aromatic rings. The molecule has 1 N–H and O–H groups in total. The largest absolute Gasteiger partial charge is 0.462 e. The van der Waals surface area contributed by atoms with Crippen LogP contribution in [-0.4, -0.2) is 23.4 Å². The van der Waals surface area contributed by atoms with E-state index in [1.54, 1.807) is 6.92 Å². The van der Waals surface area contributed by atoms with Gasteiger partial charge in [0.15, 0.2) is 0 Å². The quantitative estimate of drug-likeness (QED) is 0.465. The van der Waals surface area contributed by atoms with Crippen molar-refractivity contribution in [1.82, 2.24) is 0 Å². The van der Waals surface area contributed by atoms with Crippen molar-refractivity contribution < 1.29 is 19.2 Å². The molecule has 126 valence electrons. The molecule has 10 heteroatoms. The SMILES string of the molecule is CCOC(=O)c1cc([N+](=O)[O-])sc1NC(=O)c1ccc(Cl)cc1Cl. The van der Waals surface area contributed by atoms with Gasteiger partial charge in [-0.15, -0.1) is 0 Å². The summed E-state index contributed by atoms with van der Waals surface area (Å²) in [4.78, 5) is 34.5. The van der Waals surface area contributed by atoms with Crippen molar-refractivity contribution in [3.63, 3.8) is 0 Å². The number of amides is 1. The third kappa shape index (κ3) is 4.02. The molecule has 7 nitrogen and oxygen atoms in total. The minimum atomic E-state index is -0.764. The smallest absolute Gasteiger partial charge is 0.341 e. The molecule has 1 aromatic carbocycles. The highest BCUT2D eigenvalue weighted by molar-refractivity contribution is 7.19. The molecule has 0 aliphatic carbocycles.